The number of nitrogens with one attached hydrogen (secondary N) is 2. The number of hydrogen-bond donors (Lipinski definition) is 3. The highest BCUT2D eigenvalue weighted by Gasteiger charge is 2.49. The lowest BCUT2D eigenvalue weighted by Gasteiger charge is -2.45. The Morgan fingerprint density at radius 2 is 1.79 bits per heavy atom. The molecule has 2 fully saturated rings. The summed E-state index contributed by atoms with van der Waals surface area (Å²) in [4.78, 5) is 16.2. The predicted molar refractivity (Wildman–Crippen MR) is 126 cm³/mol. The number of aromatic hydroxyl groups is 1. The van der Waals surface area contributed by atoms with Crippen LogP contribution in [0.25, 0.3) is 22.4 Å². The van der Waals surface area contributed by atoms with Crippen molar-refractivity contribution in [1.29, 1.82) is 0 Å². The van der Waals surface area contributed by atoms with Crippen molar-refractivity contribution in [2.45, 2.75) is 56.7 Å². The van der Waals surface area contributed by atoms with E-state index >= 15 is 0 Å². The summed E-state index contributed by atoms with van der Waals surface area (Å²) in [5.41, 5.74) is 1.12. The Morgan fingerprint density at radius 3 is 2.42 bits per heavy atom. The summed E-state index contributed by atoms with van der Waals surface area (Å²) < 4.78 is 14.8. The van der Waals surface area contributed by atoms with E-state index in [-0.39, 0.29) is 33.5 Å². The lowest BCUT2D eigenvalue weighted by molar-refractivity contribution is 0.207. The number of phenolic OH excluding ortho intramolecular Hbond substituents is 1. The number of benzene rings is 1. The van der Waals surface area contributed by atoms with Gasteiger partial charge in [0, 0.05) is 47.6 Å². The standard InChI is InChI=1S/C25H28FN5O2/c1-24-7-8-25(2,30-24)14-16(13-24)31(3)22-5-4-20(28-29-22)18-11-19(26)17(12-21(18)32)15-6-9-27-23(33)10-15/h4-6,9-12,16,30,32H,7-8,13-14H2,1-3H3,(H,27,33)/t16-,24-,25?/m1/s1. The fourth-order valence-corrected chi connectivity index (χ4v) is 5.54. The molecule has 3 aromatic rings. The molecule has 8 heteroatoms. The quantitative estimate of drug-likeness (QED) is 0.560. The molecule has 0 saturated carbocycles. The number of anilines is 1. The fraction of sp³-hybridized carbons (Fsp3) is 0.400. The minimum Gasteiger partial charge on any atom is -0.507 e. The molecule has 3 N–H and O–H groups in total. The van der Waals surface area contributed by atoms with Crippen LogP contribution in [0.5, 0.6) is 5.75 Å². The van der Waals surface area contributed by atoms with Crippen LogP contribution in [-0.2, 0) is 0 Å². The second-order valence-electron chi connectivity index (χ2n) is 9.99. The Kier molecular flexibility index (Phi) is 5.01. The van der Waals surface area contributed by atoms with Crippen LogP contribution in [0.3, 0.4) is 0 Å². The van der Waals surface area contributed by atoms with Crippen LogP contribution < -0.4 is 15.8 Å². The van der Waals surface area contributed by atoms with Crippen molar-refractivity contribution in [2.75, 3.05) is 11.9 Å². The van der Waals surface area contributed by atoms with Crippen LogP contribution in [0.1, 0.15) is 39.5 Å². The van der Waals surface area contributed by atoms with Crippen molar-refractivity contribution in [3.8, 4) is 28.1 Å². The van der Waals surface area contributed by atoms with E-state index in [4.69, 9.17) is 0 Å². The van der Waals surface area contributed by atoms with Crippen molar-refractivity contribution in [3.05, 3.63) is 58.8 Å². The first-order valence-electron chi connectivity index (χ1n) is 11.2. The lowest BCUT2D eigenvalue weighted by atomic mass is 9.84. The van der Waals surface area contributed by atoms with E-state index < -0.39 is 5.82 Å². The molecule has 2 aliphatic rings. The summed E-state index contributed by atoms with van der Waals surface area (Å²) in [7, 11) is 2.04. The SMILES string of the molecule is CN(c1ccc(-c2cc(F)c(-c3cc[nH]c(=O)c3)cc2O)nn1)[C@H]1CC2(C)CC[C@](C)(C1)N2. The molecule has 1 unspecified atom stereocenters. The molecule has 2 saturated heterocycles. The van der Waals surface area contributed by atoms with Gasteiger partial charge in [-0.3, -0.25) is 4.79 Å². The van der Waals surface area contributed by atoms with E-state index in [1.165, 1.54) is 37.2 Å². The summed E-state index contributed by atoms with van der Waals surface area (Å²) >= 11 is 0. The van der Waals surface area contributed by atoms with Gasteiger partial charge in [0.2, 0.25) is 5.56 Å². The average Bonchev–Trinajstić information content (AvgIpc) is 3.01. The Morgan fingerprint density at radius 1 is 1.06 bits per heavy atom. The van der Waals surface area contributed by atoms with Crippen LogP contribution in [0.4, 0.5) is 10.2 Å². The molecule has 7 nitrogen and oxygen atoms in total. The molecule has 4 heterocycles. The second-order valence-corrected chi connectivity index (χ2v) is 9.99. The molecule has 2 aliphatic heterocycles. The summed E-state index contributed by atoms with van der Waals surface area (Å²) in [6.45, 7) is 4.58. The second kappa shape index (κ2) is 7.66. The van der Waals surface area contributed by atoms with Crippen molar-refractivity contribution < 1.29 is 9.50 Å². The number of piperidine rings is 1. The highest BCUT2D eigenvalue weighted by molar-refractivity contribution is 5.74. The third-order valence-electron chi connectivity index (χ3n) is 7.21. The third-order valence-corrected chi connectivity index (χ3v) is 7.21. The van der Waals surface area contributed by atoms with Crippen LogP contribution in [0.15, 0.2) is 47.4 Å². The zero-order valence-electron chi connectivity index (χ0n) is 19.0. The van der Waals surface area contributed by atoms with E-state index in [1.54, 1.807) is 12.1 Å². The molecular formula is C25H28FN5O2. The maximum Gasteiger partial charge on any atom is 0.248 e. The number of H-pyrrole nitrogens is 1. The van der Waals surface area contributed by atoms with Gasteiger partial charge in [0.05, 0.1) is 5.69 Å². The van der Waals surface area contributed by atoms with E-state index in [2.05, 4.69) is 39.2 Å². The minimum atomic E-state index is -0.553. The largest absolute Gasteiger partial charge is 0.507 e. The summed E-state index contributed by atoms with van der Waals surface area (Å²) in [6, 6.07) is 9.37. The average molecular weight is 450 g/mol. The number of aromatic nitrogens is 3. The molecular weight excluding hydrogens is 421 g/mol. The Hall–Kier alpha value is -3.26. The Balaban J connectivity index is 1.40. The van der Waals surface area contributed by atoms with Gasteiger partial charge < -0.3 is 20.3 Å². The smallest absolute Gasteiger partial charge is 0.248 e. The molecule has 33 heavy (non-hydrogen) atoms. The maximum atomic E-state index is 14.8. The first-order valence-corrected chi connectivity index (χ1v) is 11.2. The van der Waals surface area contributed by atoms with Crippen molar-refractivity contribution >= 4 is 5.82 Å². The lowest BCUT2D eigenvalue weighted by Crippen LogP contribution is -2.58. The van der Waals surface area contributed by atoms with Gasteiger partial charge in [0.15, 0.2) is 5.82 Å². The van der Waals surface area contributed by atoms with Gasteiger partial charge >= 0.3 is 0 Å². The van der Waals surface area contributed by atoms with Gasteiger partial charge in [0.1, 0.15) is 11.6 Å². The van der Waals surface area contributed by atoms with Gasteiger partial charge in [0.25, 0.3) is 0 Å². The van der Waals surface area contributed by atoms with Gasteiger partial charge in [-0.05, 0) is 75.4 Å². The molecule has 172 valence electrons. The Labute approximate surface area is 191 Å². The summed E-state index contributed by atoms with van der Waals surface area (Å²) in [6.07, 6.45) is 5.88. The molecule has 0 spiro atoms. The molecule has 3 atom stereocenters. The van der Waals surface area contributed by atoms with E-state index in [1.807, 2.05) is 13.1 Å². The zero-order chi connectivity index (χ0) is 23.4. The van der Waals surface area contributed by atoms with Crippen molar-refractivity contribution in [3.63, 3.8) is 0 Å². The van der Waals surface area contributed by atoms with Gasteiger partial charge in [-0.15, -0.1) is 10.2 Å². The van der Waals surface area contributed by atoms with Gasteiger partial charge in [-0.1, -0.05) is 0 Å². The predicted octanol–water partition coefficient (Wildman–Crippen LogP) is 3.84. The topological polar surface area (TPSA) is 94.1 Å². The molecule has 1 aromatic carbocycles. The molecule has 2 bridgehead atoms. The Bertz CT molecular complexity index is 1240. The number of hydrogen-bond acceptors (Lipinski definition) is 6. The van der Waals surface area contributed by atoms with Gasteiger partial charge in [-0.25, -0.2) is 4.39 Å². The third kappa shape index (κ3) is 3.99. The molecule has 0 amide bonds. The number of phenols is 1. The number of halogens is 1. The zero-order valence-corrected chi connectivity index (χ0v) is 19.0. The molecule has 5 rings (SSSR count). The number of nitrogens with zero attached hydrogens (tertiary/aromatic N) is 3. The summed E-state index contributed by atoms with van der Waals surface area (Å²) in [5, 5.41) is 23.0. The summed E-state index contributed by atoms with van der Waals surface area (Å²) in [5.74, 6) is 0.0678. The number of aromatic amines is 1. The van der Waals surface area contributed by atoms with Crippen molar-refractivity contribution in [2.24, 2.45) is 0 Å². The number of fused-ring (bicyclic) bond motifs is 2. The van der Waals surface area contributed by atoms with E-state index in [9.17, 15) is 14.3 Å². The monoisotopic (exact) mass is 449 g/mol. The molecule has 2 aromatic heterocycles. The minimum absolute atomic E-state index is 0.127. The van der Waals surface area contributed by atoms with Crippen LogP contribution in [0.2, 0.25) is 0 Å². The van der Waals surface area contributed by atoms with Crippen LogP contribution in [0, 0.1) is 5.82 Å². The van der Waals surface area contributed by atoms with Crippen LogP contribution in [-0.4, -0.2) is 44.5 Å². The molecule has 0 radical (unpaired) electrons. The number of rotatable bonds is 4. The molecule has 0 aliphatic carbocycles. The normalized spacial score (nSPS) is 26.4. The fourth-order valence-electron chi connectivity index (χ4n) is 5.54. The maximum absolute atomic E-state index is 14.8. The van der Waals surface area contributed by atoms with Gasteiger partial charge in [-0.2, -0.15) is 0 Å². The van der Waals surface area contributed by atoms with E-state index in [0.717, 1.165) is 18.7 Å². The first-order chi connectivity index (χ1) is 15.6. The highest BCUT2D eigenvalue weighted by Crippen LogP contribution is 2.44. The van der Waals surface area contributed by atoms with Crippen molar-refractivity contribution in [1.82, 2.24) is 20.5 Å². The first kappa shape index (κ1) is 21.6. The number of pyridine rings is 1. The van der Waals surface area contributed by atoms with E-state index in [0.29, 0.717) is 17.3 Å². The highest BCUT2D eigenvalue weighted by atomic mass is 19.1. The van der Waals surface area contributed by atoms with Crippen LogP contribution >= 0.6 is 0 Å².